The Bertz CT molecular complexity index is 431. The lowest BCUT2D eigenvalue weighted by Gasteiger charge is -2.38. The SMILES string of the molecule is CC1OCCC12CN=C(N)N2Cc1cccs1. The summed E-state index contributed by atoms with van der Waals surface area (Å²) >= 11 is 1.76. The molecule has 4 nitrogen and oxygen atoms in total. The Morgan fingerprint density at radius 3 is 3.24 bits per heavy atom. The van der Waals surface area contributed by atoms with Gasteiger partial charge in [-0.05, 0) is 24.8 Å². The van der Waals surface area contributed by atoms with E-state index in [9.17, 15) is 0 Å². The van der Waals surface area contributed by atoms with Gasteiger partial charge in [0.1, 0.15) is 0 Å². The lowest BCUT2D eigenvalue weighted by molar-refractivity contribution is 0.0537. The molecule has 0 bridgehead atoms. The summed E-state index contributed by atoms with van der Waals surface area (Å²) in [5.74, 6) is 0.663. The minimum atomic E-state index is -0.00588. The van der Waals surface area contributed by atoms with E-state index in [0.29, 0.717) is 5.96 Å². The first-order valence-electron chi connectivity index (χ1n) is 5.94. The van der Waals surface area contributed by atoms with Crippen LogP contribution in [-0.2, 0) is 11.3 Å². The molecule has 1 aromatic heterocycles. The van der Waals surface area contributed by atoms with Gasteiger partial charge in [-0.2, -0.15) is 0 Å². The molecule has 2 atom stereocenters. The third-order valence-corrected chi connectivity index (χ3v) is 4.74. The van der Waals surface area contributed by atoms with Gasteiger partial charge in [0.05, 0.1) is 24.7 Å². The number of ether oxygens (including phenoxy) is 1. The van der Waals surface area contributed by atoms with Crippen LogP contribution in [0.1, 0.15) is 18.2 Å². The minimum Gasteiger partial charge on any atom is -0.376 e. The number of guanidine groups is 1. The van der Waals surface area contributed by atoms with Crippen molar-refractivity contribution in [2.45, 2.75) is 31.5 Å². The van der Waals surface area contributed by atoms with Crippen molar-refractivity contribution in [1.29, 1.82) is 0 Å². The molecule has 0 aliphatic carbocycles. The normalized spacial score (nSPS) is 32.4. The predicted octanol–water partition coefficient (Wildman–Crippen LogP) is 1.43. The number of hydrogen-bond acceptors (Lipinski definition) is 5. The van der Waals surface area contributed by atoms with Gasteiger partial charge >= 0.3 is 0 Å². The molecule has 0 amide bonds. The highest BCUT2D eigenvalue weighted by molar-refractivity contribution is 7.09. The number of hydrogen-bond donors (Lipinski definition) is 1. The summed E-state index contributed by atoms with van der Waals surface area (Å²) < 4.78 is 5.72. The molecule has 2 aliphatic rings. The van der Waals surface area contributed by atoms with Crippen molar-refractivity contribution in [3.8, 4) is 0 Å². The van der Waals surface area contributed by atoms with Gasteiger partial charge < -0.3 is 15.4 Å². The summed E-state index contributed by atoms with van der Waals surface area (Å²) in [4.78, 5) is 7.98. The van der Waals surface area contributed by atoms with E-state index in [2.05, 4.69) is 34.3 Å². The summed E-state index contributed by atoms with van der Waals surface area (Å²) in [5, 5.41) is 2.10. The Kier molecular flexibility index (Phi) is 2.60. The first-order valence-corrected chi connectivity index (χ1v) is 6.82. The highest BCUT2D eigenvalue weighted by Gasteiger charge is 2.50. The summed E-state index contributed by atoms with van der Waals surface area (Å²) in [6, 6.07) is 4.22. The molecule has 0 saturated carbocycles. The lowest BCUT2D eigenvalue weighted by Crippen LogP contribution is -2.55. The molecule has 2 aliphatic heterocycles. The molecule has 17 heavy (non-hydrogen) atoms. The van der Waals surface area contributed by atoms with E-state index in [1.807, 2.05) is 0 Å². The molecule has 2 N–H and O–H groups in total. The molecule has 0 aromatic carbocycles. The van der Waals surface area contributed by atoms with Crippen molar-refractivity contribution in [2.24, 2.45) is 10.7 Å². The lowest BCUT2D eigenvalue weighted by atomic mass is 9.91. The van der Waals surface area contributed by atoms with E-state index in [0.717, 1.165) is 26.1 Å². The van der Waals surface area contributed by atoms with Crippen LogP contribution in [0.25, 0.3) is 0 Å². The maximum absolute atomic E-state index is 6.04. The fourth-order valence-corrected chi connectivity index (χ4v) is 3.44. The molecule has 3 rings (SSSR count). The topological polar surface area (TPSA) is 50.9 Å². The smallest absolute Gasteiger partial charge is 0.192 e. The Labute approximate surface area is 105 Å². The van der Waals surface area contributed by atoms with Gasteiger partial charge in [0, 0.05) is 11.5 Å². The average Bonchev–Trinajstić information content (AvgIpc) is 2.99. The summed E-state index contributed by atoms with van der Waals surface area (Å²) in [6.07, 6.45) is 1.22. The van der Waals surface area contributed by atoms with E-state index >= 15 is 0 Å². The molecule has 92 valence electrons. The third-order valence-electron chi connectivity index (χ3n) is 3.88. The summed E-state index contributed by atoms with van der Waals surface area (Å²) in [5.41, 5.74) is 6.03. The van der Waals surface area contributed by atoms with Crippen molar-refractivity contribution in [1.82, 2.24) is 4.90 Å². The zero-order chi connectivity index (χ0) is 11.9. The number of nitrogens with two attached hydrogens (primary N) is 1. The van der Waals surface area contributed by atoms with E-state index < -0.39 is 0 Å². The van der Waals surface area contributed by atoms with Crippen LogP contribution in [0.5, 0.6) is 0 Å². The number of thiophene rings is 1. The fourth-order valence-electron chi connectivity index (χ4n) is 2.75. The number of rotatable bonds is 2. The standard InChI is InChI=1S/C12H17N3OS/c1-9-12(4-5-16-9)8-14-11(13)15(12)7-10-3-2-6-17-10/h2-3,6,9H,4-5,7-8H2,1H3,(H2,13,14). The molecule has 0 radical (unpaired) electrons. The maximum atomic E-state index is 6.04. The monoisotopic (exact) mass is 251 g/mol. The van der Waals surface area contributed by atoms with Gasteiger partial charge in [-0.25, -0.2) is 0 Å². The van der Waals surface area contributed by atoms with Gasteiger partial charge in [0.25, 0.3) is 0 Å². The average molecular weight is 251 g/mol. The van der Waals surface area contributed by atoms with Crippen molar-refractivity contribution in [2.75, 3.05) is 13.2 Å². The number of aliphatic imine (C=N–C) groups is 1. The molecular weight excluding hydrogens is 234 g/mol. The Hall–Kier alpha value is -1.07. The highest BCUT2D eigenvalue weighted by Crippen LogP contribution is 2.37. The number of nitrogens with zero attached hydrogens (tertiary/aromatic N) is 2. The second-order valence-corrected chi connectivity index (χ2v) is 5.74. The van der Waals surface area contributed by atoms with Crippen molar-refractivity contribution in [3.05, 3.63) is 22.4 Å². The van der Waals surface area contributed by atoms with Crippen LogP contribution in [0, 0.1) is 0 Å². The van der Waals surface area contributed by atoms with Crippen LogP contribution in [0.15, 0.2) is 22.5 Å². The molecule has 5 heteroatoms. The molecule has 1 saturated heterocycles. The Morgan fingerprint density at radius 1 is 1.71 bits per heavy atom. The van der Waals surface area contributed by atoms with E-state index in [1.165, 1.54) is 4.88 Å². The van der Waals surface area contributed by atoms with Crippen LogP contribution in [0.4, 0.5) is 0 Å². The van der Waals surface area contributed by atoms with Gasteiger partial charge in [0.15, 0.2) is 5.96 Å². The van der Waals surface area contributed by atoms with E-state index in [-0.39, 0.29) is 11.6 Å². The van der Waals surface area contributed by atoms with Crippen LogP contribution in [-0.4, -0.2) is 35.7 Å². The fraction of sp³-hybridized carbons (Fsp3) is 0.583. The molecule has 1 fully saturated rings. The second kappa shape index (κ2) is 3.99. The van der Waals surface area contributed by atoms with Gasteiger partial charge in [-0.1, -0.05) is 6.07 Å². The molecule has 2 unspecified atom stereocenters. The maximum Gasteiger partial charge on any atom is 0.192 e. The quantitative estimate of drug-likeness (QED) is 0.865. The zero-order valence-electron chi connectivity index (χ0n) is 9.93. The largest absolute Gasteiger partial charge is 0.376 e. The Morgan fingerprint density at radius 2 is 2.59 bits per heavy atom. The van der Waals surface area contributed by atoms with Crippen LogP contribution >= 0.6 is 11.3 Å². The highest BCUT2D eigenvalue weighted by atomic mass is 32.1. The first kappa shape index (κ1) is 11.0. The molecule has 1 aromatic rings. The van der Waals surface area contributed by atoms with Crippen LogP contribution in [0.3, 0.4) is 0 Å². The first-order chi connectivity index (χ1) is 8.22. The zero-order valence-corrected chi connectivity index (χ0v) is 10.7. The van der Waals surface area contributed by atoms with Gasteiger partial charge in [-0.3, -0.25) is 4.99 Å². The molecule has 3 heterocycles. The van der Waals surface area contributed by atoms with Crippen molar-refractivity contribution >= 4 is 17.3 Å². The third kappa shape index (κ3) is 1.65. The van der Waals surface area contributed by atoms with Crippen LogP contribution < -0.4 is 5.73 Å². The van der Waals surface area contributed by atoms with E-state index in [1.54, 1.807) is 11.3 Å². The van der Waals surface area contributed by atoms with Gasteiger partial charge in [0.2, 0.25) is 0 Å². The van der Waals surface area contributed by atoms with Gasteiger partial charge in [-0.15, -0.1) is 11.3 Å². The molecule has 1 spiro atoms. The summed E-state index contributed by atoms with van der Waals surface area (Å²) in [6.45, 7) is 4.56. The Balaban J connectivity index is 1.86. The predicted molar refractivity (Wildman–Crippen MR) is 69.1 cm³/mol. The second-order valence-electron chi connectivity index (χ2n) is 4.71. The van der Waals surface area contributed by atoms with Crippen molar-refractivity contribution < 1.29 is 4.74 Å². The van der Waals surface area contributed by atoms with E-state index in [4.69, 9.17) is 10.5 Å². The summed E-state index contributed by atoms with van der Waals surface area (Å²) in [7, 11) is 0. The molecular formula is C12H17N3OS. The van der Waals surface area contributed by atoms with Crippen molar-refractivity contribution in [3.63, 3.8) is 0 Å². The minimum absolute atomic E-state index is 0.00588. The van der Waals surface area contributed by atoms with Crippen LogP contribution in [0.2, 0.25) is 0 Å².